The van der Waals surface area contributed by atoms with Crippen molar-refractivity contribution in [1.29, 1.82) is 0 Å². The van der Waals surface area contributed by atoms with Crippen molar-refractivity contribution in [2.75, 3.05) is 10.6 Å². The number of rotatable bonds is 10. The maximum absolute atomic E-state index is 3.54. The number of hydrogen-bond donors (Lipinski definition) is 2. The average Bonchev–Trinajstić information content (AvgIpc) is 2.76. The molecule has 0 radical (unpaired) electrons. The zero-order valence-corrected chi connectivity index (χ0v) is 18.9. The van der Waals surface area contributed by atoms with Gasteiger partial charge in [0.05, 0.1) is 0 Å². The normalized spacial score (nSPS) is 12.9. The number of benzene rings is 3. The number of nitrogens with one attached hydrogen (secondary N) is 2. The van der Waals surface area contributed by atoms with Gasteiger partial charge in [0.15, 0.2) is 0 Å². The lowest BCUT2D eigenvalue weighted by Crippen LogP contribution is -1.97. The van der Waals surface area contributed by atoms with Gasteiger partial charge < -0.3 is 10.6 Å². The average molecular weight is 401 g/mol. The Bertz CT molecular complexity index is 837. The summed E-state index contributed by atoms with van der Waals surface area (Å²) >= 11 is 0. The van der Waals surface area contributed by atoms with Gasteiger partial charge in [-0.2, -0.15) is 0 Å². The lowest BCUT2D eigenvalue weighted by molar-refractivity contribution is 0.665. The van der Waals surface area contributed by atoms with E-state index in [1.54, 1.807) is 0 Å². The smallest absolute Gasteiger partial charge is 0.0387 e. The molecule has 3 rings (SSSR count). The molecule has 0 fully saturated rings. The van der Waals surface area contributed by atoms with Crippen LogP contribution in [0.4, 0.5) is 22.7 Å². The summed E-state index contributed by atoms with van der Waals surface area (Å²) < 4.78 is 0. The molecule has 0 bridgehead atoms. The van der Waals surface area contributed by atoms with Crippen LogP contribution in [0.25, 0.3) is 0 Å². The molecule has 2 heteroatoms. The van der Waals surface area contributed by atoms with Gasteiger partial charge in [-0.25, -0.2) is 0 Å². The Balaban J connectivity index is 1.65. The molecule has 2 nitrogen and oxygen atoms in total. The third-order valence-electron chi connectivity index (χ3n) is 5.82. The van der Waals surface area contributed by atoms with Crippen LogP contribution in [0.5, 0.6) is 0 Å². The molecule has 0 saturated heterocycles. The summed E-state index contributed by atoms with van der Waals surface area (Å²) in [6.07, 6.45) is 4.88. The van der Waals surface area contributed by atoms with E-state index in [0.717, 1.165) is 22.7 Å². The van der Waals surface area contributed by atoms with Crippen molar-refractivity contribution in [3.05, 3.63) is 83.9 Å². The number of hydrogen-bond acceptors (Lipinski definition) is 2. The minimum absolute atomic E-state index is 0.596. The Hall–Kier alpha value is -2.74. The fourth-order valence-electron chi connectivity index (χ4n) is 4.02. The first-order chi connectivity index (χ1) is 14.6. The van der Waals surface area contributed by atoms with Crippen LogP contribution in [-0.4, -0.2) is 0 Å². The van der Waals surface area contributed by atoms with Gasteiger partial charge in [-0.1, -0.05) is 64.8 Å². The second kappa shape index (κ2) is 10.9. The molecule has 3 aromatic carbocycles. The van der Waals surface area contributed by atoms with Crippen LogP contribution in [0, 0.1) is 0 Å². The van der Waals surface area contributed by atoms with E-state index in [0.29, 0.717) is 11.8 Å². The highest BCUT2D eigenvalue weighted by atomic mass is 14.9. The van der Waals surface area contributed by atoms with Crippen molar-refractivity contribution in [2.45, 2.75) is 65.2 Å². The van der Waals surface area contributed by atoms with Gasteiger partial charge in [-0.15, -0.1) is 0 Å². The van der Waals surface area contributed by atoms with Gasteiger partial charge in [-0.05, 0) is 84.3 Å². The van der Waals surface area contributed by atoms with Crippen molar-refractivity contribution >= 4 is 22.7 Å². The quantitative estimate of drug-likeness (QED) is 0.355. The third kappa shape index (κ3) is 6.13. The maximum atomic E-state index is 3.54. The first-order valence-electron chi connectivity index (χ1n) is 11.4. The van der Waals surface area contributed by atoms with Gasteiger partial charge >= 0.3 is 0 Å². The first-order valence-corrected chi connectivity index (χ1v) is 11.4. The Morgan fingerprint density at radius 1 is 0.567 bits per heavy atom. The van der Waals surface area contributed by atoms with Crippen LogP contribution in [0.1, 0.15) is 76.3 Å². The molecule has 0 amide bonds. The maximum Gasteiger partial charge on any atom is 0.0387 e. The predicted molar refractivity (Wildman–Crippen MR) is 133 cm³/mol. The van der Waals surface area contributed by atoms with E-state index in [1.807, 2.05) is 0 Å². The lowest BCUT2D eigenvalue weighted by atomic mass is 9.96. The molecule has 2 N–H and O–H groups in total. The second-order valence-electron chi connectivity index (χ2n) is 8.46. The van der Waals surface area contributed by atoms with Crippen LogP contribution in [0.2, 0.25) is 0 Å². The van der Waals surface area contributed by atoms with Crippen molar-refractivity contribution in [3.8, 4) is 0 Å². The molecule has 0 aromatic heterocycles. The SMILES string of the molecule is CCCC(C)c1cccc(Nc2ccc(Nc3cccc(C(C)CCC)c3)cc2)c1. The minimum Gasteiger partial charge on any atom is -0.356 e. The Labute approximate surface area is 182 Å². The van der Waals surface area contributed by atoms with Crippen LogP contribution >= 0.6 is 0 Å². The van der Waals surface area contributed by atoms with Gasteiger partial charge in [-0.3, -0.25) is 0 Å². The molecule has 0 aliphatic rings. The molecule has 0 saturated carbocycles. The molecule has 2 atom stereocenters. The van der Waals surface area contributed by atoms with Gasteiger partial charge in [0.2, 0.25) is 0 Å². The van der Waals surface area contributed by atoms with E-state index in [-0.39, 0.29) is 0 Å². The van der Waals surface area contributed by atoms with Crippen molar-refractivity contribution < 1.29 is 0 Å². The third-order valence-corrected chi connectivity index (χ3v) is 5.82. The summed E-state index contributed by atoms with van der Waals surface area (Å²) in [5.41, 5.74) is 7.30. The summed E-state index contributed by atoms with van der Waals surface area (Å²) in [6, 6.07) is 26.1. The molecule has 158 valence electrons. The fourth-order valence-corrected chi connectivity index (χ4v) is 4.02. The van der Waals surface area contributed by atoms with E-state index >= 15 is 0 Å². The standard InChI is InChI=1S/C28H36N2/c1-5-9-21(3)23-11-7-13-27(19-23)29-25-15-17-26(18-16-25)30-28-14-8-12-24(20-28)22(4)10-6-2/h7-8,11-22,29-30H,5-6,9-10H2,1-4H3. The van der Waals surface area contributed by atoms with Crippen LogP contribution in [0.15, 0.2) is 72.8 Å². The van der Waals surface area contributed by atoms with E-state index in [4.69, 9.17) is 0 Å². The van der Waals surface area contributed by atoms with Crippen molar-refractivity contribution in [3.63, 3.8) is 0 Å². The van der Waals surface area contributed by atoms with Gasteiger partial charge in [0, 0.05) is 22.7 Å². The summed E-state index contributed by atoms with van der Waals surface area (Å²) in [4.78, 5) is 0. The Morgan fingerprint density at radius 2 is 0.967 bits per heavy atom. The van der Waals surface area contributed by atoms with E-state index < -0.39 is 0 Å². The molecular formula is C28H36N2. The molecule has 2 unspecified atom stereocenters. The molecule has 0 aliphatic heterocycles. The van der Waals surface area contributed by atoms with Crippen molar-refractivity contribution in [1.82, 2.24) is 0 Å². The summed E-state index contributed by atoms with van der Waals surface area (Å²) in [6.45, 7) is 9.11. The van der Waals surface area contributed by atoms with Crippen LogP contribution < -0.4 is 10.6 Å². The lowest BCUT2D eigenvalue weighted by Gasteiger charge is -2.15. The van der Waals surface area contributed by atoms with Crippen LogP contribution in [0.3, 0.4) is 0 Å². The second-order valence-corrected chi connectivity index (χ2v) is 8.46. The summed E-state index contributed by atoms with van der Waals surface area (Å²) in [5, 5.41) is 7.09. The minimum atomic E-state index is 0.596. The zero-order chi connectivity index (χ0) is 21.3. The summed E-state index contributed by atoms with van der Waals surface area (Å²) in [7, 11) is 0. The highest BCUT2D eigenvalue weighted by Gasteiger charge is 2.07. The largest absolute Gasteiger partial charge is 0.356 e. The molecule has 30 heavy (non-hydrogen) atoms. The Kier molecular flexibility index (Phi) is 7.96. The Morgan fingerprint density at radius 3 is 1.33 bits per heavy atom. The van der Waals surface area contributed by atoms with Gasteiger partial charge in [0.1, 0.15) is 0 Å². The fraction of sp³-hybridized carbons (Fsp3) is 0.357. The van der Waals surface area contributed by atoms with E-state index in [1.165, 1.54) is 36.8 Å². The predicted octanol–water partition coefficient (Wildman–Crippen LogP) is 8.98. The molecule has 0 spiro atoms. The van der Waals surface area contributed by atoms with Crippen LogP contribution in [-0.2, 0) is 0 Å². The molecule has 0 heterocycles. The van der Waals surface area contributed by atoms with E-state index in [9.17, 15) is 0 Å². The molecular weight excluding hydrogens is 364 g/mol. The first kappa shape index (κ1) is 22.0. The highest BCUT2D eigenvalue weighted by Crippen LogP contribution is 2.27. The molecule has 3 aromatic rings. The number of anilines is 4. The van der Waals surface area contributed by atoms with E-state index in [2.05, 4.69) is 111 Å². The van der Waals surface area contributed by atoms with Crippen molar-refractivity contribution in [2.24, 2.45) is 0 Å². The monoisotopic (exact) mass is 400 g/mol. The topological polar surface area (TPSA) is 24.1 Å². The summed E-state index contributed by atoms with van der Waals surface area (Å²) in [5.74, 6) is 1.19. The van der Waals surface area contributed by atoms with Gasteiger partial charge in [0.25, 0.3) is 0 Å². The molecule has 0 aliphatic carbocycles. The zero-order valence-electron chi connectivity index (χ0n) is 18.9. The highest BCUT2D eigenvalue weighted by molar-refractivity contribution is 5.66.